The van der Waals surface area contributed by atoms with Crippen LogP contribution in [-0.2, 0) is 6.54 Å². The molecule has 0 aliphatic carbocycles. The van der Waals surface area contributed by atoms with Gasteiger partial charge in [-0.15, -0.1) is 12.4 Å². The minimum Gasteiger partial charge on any atom is -0.496 e. The Morgan fingerprint density at radius 3 is 2.63 bits per heavy atom. The van der Waals surface area contributed by atoms with Crippen LogP contribution in [0.5, 0.6) is 5.75 Å². The fraction of sp³-hybridized carbons (Fsp3) is 0.350. The van der Waals surface area contributed by atoms with Crippen LogP contribution < -0.4 is 10.5 Å². The second-order valence-corrected chi connectivity index (χ2v) is 7.44. The fourth-order valence-electron chi connectivity index (χ4n) is 3.57. The average Bonchev–Trinajstić information content (AvgIpc) is 3.04. The molecule has 5 nitrogen and oxygen atoms in total. The molecule has 0 radical (unpaired) electrons. The van der Waals surface area contributed by atoms with E-state index in [0.717, 1.165) is 69.6 Å². The zero-order valence-electron chi connectivity index (χ0n) is 15.9. The predicted octanol–water partition coefficient (Wildman–Crippen LogP) is 4.52. The predicted molar refractivity (Wildman–Crippen MR) is 115 cm³/mol. The van der Waals surface area contributed by atoms with Gasteiger partial charge in [0, 0.05) is 28.1 Å². The van der Waals surface area contributed by atoms with E-state index in [4.69, 9.17) is 15.6 Å². The van der Waals surface area contributed by atoms with Gasteiger partial charge in [0.15, 0.2) is 0 Å². The molecule has 0 amide bonds. The highest BCUT2D eigenvalue weighted by atomic mass is 35.5. The molecule has 2 N–H and O–H groups in total. The summed E-state index contributed by atoms with van der Waals surface area (Å²) in [5.41, 5.74) is 10.4. The van der Waals surface area contributed by atoms with E-state index in [1.165, 1.54) is 0 Å². The summed E-state index contributed by atoms with van der Waals surface area (Å²) in [6.45, 7) is 8.35. The first-order valence-electron chi connectivity index (χ1n) is 9.04. The van der Waals surface area contributed by atoms with Crippen molar-refractivity contribution >= 4 is 40.8 Å². The molecule has 27 heavy (non-hydrogen) atoms. The Balaban J connectivity index is 0.00000210. The highest BCUT2D eigenvalue weighted by molar-refractivity contribution is 8.00. The highest BCUT2D eigenvalue weighted by Crippen LogP contribution is 2.52. The van der Waals surface area contributed by atoms with Crippen LogP contribution in [0, 0.1) is 0 Å². The van der Waals surface area contributed by atoms with Crippen molar-refractivity contribution in [2.24, 2.45) is 0 Å². The summed E-state index contributed by atoms with van der Waals surface area (Å²) in [6.07, 6.45) is 0. The SMILES string of the molecule is CCN(CC)CCn1nc2c3c(c(N)ccc31)Sc1c(OC)cccc1-2.Cl. The van der Waals surface area contributed by atoms with Gasteiger partial charge in [0.2, 0.25) is 0 Å². The lowest BCUT2D eigenvalue weighted by Crippen LogP contribution is -2.27. The highest BCUT2D eigenvalue weighted by Gasteiger charge is 2.27. The maximum atomic E-state index is 6.32. The number of likely N-dealkylation sites (N-methyl/N-ethyl adjacent to an activating group) is 1. The number of benzene rings is 2. The van der Waals surface area contributed by atoms with E-state index in [1.807, 2.05) is 18.2 Å². The van der Waals surface area contributed by atoms with Gasteiger partial charge < -0.3 is 15.4 Å². The van der Waals surface area contributed by atoms with Crippen LogP contribution in [0.1, 0.15) is 13.8 Å². The summed E-state index contributed by atoms with van der Waals surface area (Å²) in [6, 6.07) is 10.2. The second kappa shape index (κ2) is 8.00. The van der Waals surface area contributed by atoms with Crippen molar-refractivity contribution in [3.63, 3.8) is 0 Å². The van der Waals surface area contributed by atoms with E-state index in [2.05, 4.69) is 35.6 Å². The van der Waals surface area contributed by atoms with E-state index in [-0.39, 0.29) is 12.4 Å². The second-order valence-electron chi connectivity index (χ2n) is 6.42. The number of nitrogens with zero attached hydrogens (tertiary/aromatic N) is 3. The number of anilines is 1. The molecule has 2 aromatic carbocycles. The zero-order chi connectivity index (χ0) is 18.3. The smallest absolute Gasteiger partial charge is 0.133 e. The van der Waals surface area contributed by atoms with Crippen molar-refractivity contribution in [3.05, 3.63) is 30.3 Å². The van der Waals surface area contributed by atoms with Crippen molar-refractivity contribution < 1.29 is 4.74 Å². The zero-order valence-corrected chi connectivity index (χ0v) is 17.5. The molecule has 0 fully saturated rings. The van der Waals surface area contributed by atoms with Crippen LogP contribution in [0.4, 0.5) is 5.69 Å². The molecule has 1 aromatic heterocycles. The van der Waals surface area contributed by atoms with Gasteiger partial charge in [-0.1, -0.05) is 37.7 Å². The Morgan fingerprint density at radius 1 is 1.15 bits per heavy atom. The van der Waals surface area contributed by atoms with Crippen molar-refractivity contribution in [1.29, 1.82) is 0 Å². The third-order valence-corrected chi connectivity index (χ3v) is 6.35. The maximum Gasteiger partial charge on any atom is 0.133 e. The van der Waals surface area contributed by atoms with Crippen molar-refractivity contribution in [1.82, 2.24) is 14.7 Å². The van der Waals surface area contributed by atoms with E-state index in [0.29, 0.717) is 0 Å². The molecular formula is C20H25ClN4OS. The molecule has 0 saturated heterocycles. The fourth-order valence-corrected chi connectivity index (χ4v) is 4.79. The Labute approximate surface area is 170 Å². The monoisotopic (exact) mass is 404 g/mol. The topological polar surface area (TPSA) is 56.3 Å². The quantitative estimate of drug-likeness (QED) is 0.479. The molecular weight excluding hydrogens is 380 g/mol. The summed E-state index contributed by atoms with van der Waals surface area (Å²) in [7, 11) is 1.71. The van der Waals surface area contributed by atoms with Gasteiger partial charge in [-0.05, 0) is 31.3 Å². The molecule has 2 heterocycles. The Hall–Kier alpha value is -1.89. The largest absolute Gasteiger partial charge is 0.496 e. The van der Waals surface area contributed by atoms with Gasteiger partial charge >= 0.3 is 0 Å². The summed E-state index contributed by atoms with van der Waals surface area (Å²) >= 11 is 1.69. The van der Waals surface area contributed by atoms with E-state index < -0.39 is 0 Å². The average molecular weight is 405 g/mol. The summed E-state index contributed by atoms with van der Waals surface area (Å²) in [4.78, 5) is 4.59. The lowest BCUT2D eigenvalue weighted by atomic mass is 10.1. The number of rotatable bonds is 6. The maximum absolute atomic E-state index is 6.32. The molecule has 1 aliphatic heterocycles. The molecule has 0 bridgehead atoms. The van der Waals surface area contributed by atoms with Crippen LogP contribution >= 0.6 is 24.2 Å². The molecule has 144 valence electrons. The van der Waals surface area contributed by atoms with Gasteiger partial charge in [-0.25, -0.2) is 0 Å². The number of hydrogen-bond donors (Lipinski definition) is 1. The Morgan fingerprint density at radius 2 is 1.93 bits per heavy atom. The van der Waals surface area contributed by atoms with Crippen LogP contribution in [0.3, 0.4) is 0 Å². The number of halogens is 1. The van der Waals surface area contributed by atoms with E-state index in [9.17, 15) is 0 Å². The third-order valence-electron chi connectivity index (χ3n) is 5.08. The lowest BCUT2D eigenvalue weighted by molar-refractivity contribution is 0.287. The molecule has 0 atom stereocenters. The summed E-state index contributed by atoms with van der Waals surface area (Å²) in [5, 5.41) is 6.15. The molecule has 0 unspecified atom stereocenters. The minimum absolute atomic E-state index is 0. The minimum atomic E-state index is 0. The first-order valence-corrected chi connectivity index (χ1v) is 9.86. The normalized spacial score (nSPS) is 12.1. The number of aromatic nitrogens is 2. The first-order chi connectivity index (χ1) is 12.7. The van der Waals surface area contributed by atoms with Gasteiger partial charge in [0.1, 0.15) is 11.4 Å². The first kappa shape index (κ1) is 19.9. The van der Waals surface area contributed by atoms with E-state index >= 15 is 0 Å². The molecule has 0 spiro atoms. The number of ether oxygens (including phenoxy) is 1. The van der Waals surface area contributed by atoms with Gasteiger partial charge in [0.25, 0.3) is 0 Å². The number of nitrogen functional groups attached to an aromatic ring is 1. The molecule has 4 rings (SSSR count). The molecule has 1 aliphatic rings. The standard InChI is InChI=1S/C20H24N4OS.ClH/c1-4-23(5-2)11-12-24-15-10-9-14(21)20-17(15)18(22-24)13-7-6-8-16(25-3)19(13)26-20;/h6-10H,4-5,11-12,21H2,1-3H3;1H. The number of methoxy groups -OCH3 is 1. The number of hydrogen-bond acceptors (Lipinski definition) is 5. The van der Waals surface area contributed by atoms with Crippen LogP contribution in [0.15, 0.2) is 40.1 Å². The van der Waals surface area contributed by atoms with Gasteiger partial charge in [0.05, 0.1) is 24.1 Å². The lowest BCUT2D eigenvalue weighted by Gasteiger charge is -2.19. The number of nitrogens with two attached hydrogens (primary N) is 1. The summed E-state index contributed by atoms with van der Waals surface area (Å²) < 4.78 is 7.70. The third kappa shape index (κ3) is 3.26. The van der Waals surface area contributed by atoms with Crippen LogP contribution in [-0.4, -0.2) is 41.4 Å². The van der Waals surface area contributed by atoms with Gasteiger partial charge in [-0.2, -0.15) is 5.10 Å². The van der Waals surface area contributed by atoms with Crippen LogP contribution in [0.25, 0.3) is 22.2 Å². The number of fused-ring (bicyclic) bond motifs is 2. The van der Waals surface area contributed by atoms with Crippen molar-refractivity contribution in [2.75, 3.05) is 32.5 Å². The van der Waals surface area contributed by atoms with Crippen molar-refractivity contribution in [3.8, 4) is 17.0 Å². The van der Waals surface area contributed by atoms with E-state index in [1.54, 1.807) is 18.9 Å². The van der Waals surface area contributed by atoms with Crippen molar-refractivity contribution in [2.45, 2.75) is 30.2 Å². The molecule has 3 aromatic rings. The Kier molecular flexibility index (Phi) is 5.89. The molecule has 0 saturated carbocycles. The van der Waals surface area contributed by atoms with Gasteiger partial charge in [-0.3, -0.25) is 4.68 Å². The van der Waals surface area contributed by atoms with Crippen LogP contribution in [0.2, 0.25) is 0 Å². The molecule has 7 heteroatoms. The Bertz CT molecular complexity index is 968. The summed E-state index contributed by atoms with van der Waals surface area (Å²) in [5.74, 6) is 0.868.